The molecule has 0 bridgehead atoms. The van der Waals surface area contributed by atoms with Crippen molar-refractivity contribution in [3.8, 4) is 0 Å². The lowest BCUT2D eigenvalue weighted by Gasteiger charge is -2.14. The van der Waals surface area contributed by atoms with Gasteiger partial charge in [-0.25, -0.2) is 0 Å². The Morgan fingerprint density at radius 2 is 2.06 bits per heavy atom. The van der Waals surface area contributed by atoms with Crippen LogP contribution in [0, 0.1) is 0 Å². The van der Waals surface area contributed by atoms with E-state index in [0.29, 0.717) is 19.6 Å². The molecule has 1 aliphatic carbocycles. The highest BCUT2D eigenvalue weighted by Crippen LogP contribution is 2.40. The third-order valence-corrected chi connectivity index (χ3v) is 3.46. The molecule has 1 unspecified atom stereocenters. The average Bonchev–Trinajstić information content (AvgIpc) is 3.21. The van der Waals surface area contributed by atoms with Crippen LogP contribution in [0.25, 0.3) is 0 Å². The molecule has 0 spiro atoms. The second-order valence-corrected chi connectivity index (χ2v) is 4.88. The van der Waals surface area contributed by atoms with Crippen molar-refractivity contribution in [3.63, 3.8) is 0 Å². The van der Waals surface area contributed by atoms with Gasteiger partial charge in [-0.15, -0.1) is 0 Å². The van der Waals surface area contributed by atoms with Crippen molar-refractivity contribution in [1.29, 1.82) is 0 Å². The molecule has 0 aliphatic heterocycles. The maximum absolute atomic E-state index is 11.5. The minimum absolute atomic E-state index is 0.0669. The Morgan fingerprint density at radius 1 is 1.39 bits per heavy atom. The van der Waals surface area contributed by atoms with E-state index >= 15 is 0 Å². The van der Waals surface area contributed by atoms with Crippen LogP contribution in [-0.4, -0.2) is 19.1 Å². The van der Waals surface area contributed by atoms with Crippen molar-refractivity contribution < 1.29 is 9.53 Å². The lowest BCUT2D eigenvalue weighted by Crippen LogP contribution is -2.18. The molecule has 1 saturated carbocycles. The summed E-state index contributed by atoms with van der Waals surface area (Å²) in [5, 5.41) is 0. The van der Waals surface area contributed by atoms with E-state index < -0.39 is 0 Å². The van der Waals surface area contributed by atoms with Crippen LogP contribution in [0.1, 0.15) is 49.1 Å². The van der Waals surface area contributed by atoms with Gasteiger partial charge in [0.1, 0.15) is 0 Å². The summed E-state index contributed by atoms with van der Waals surface area (Å²) in [6.45, 7) is 2.72. The highest BCUT2D eigenvalue weighted by atomic mass is 16.5. The number of hydrogen-bond acceptors (Lipinski definition) is 3. The Kier molecular flexibility index (Phi) is 4.37. The summed E-state index contributed by atoms with van der Waals surface area (Å²) in [5.74, 6) is 0.664. The third kappa shape index (κ3) is 3.33. The summed E-state index contributed by atoms with van der Waals surface area (Å²) in [6, 6.07) is 8.54. The van der Waals surface area contributed by atoms with Crippen molar-refractivity contribution in [2.45, 2.75) is 38.0 Å². The molecule has 3 heteroatoms. The maximum Gasteiger partial charge on any atom is 0.306 e. The molecule has 1 aromatic rings. The molecule has 0 radical (unpaired) electrons. The van der Waals surface area contributed by atoms with Gasteiger partial charge in [0.05, 0.1) is 13.0 Å². The first-order valence-corrected chi connectivity index (χ1v) is 6.70. The van der Waals surface area contributed by atoms with Crippen LogP contribution in [0.4, 0.5) is 0 Å². The fourth-order valence-corrected chi connectivity index (χ4v) is 2.22. The Bertz CT molecular complexity index is 395. The fourth-order valence-electron chi connectivity index (χ4n) is 2.22. The zero-order valence-corrected chi connectivity index (χ0v) is 10.9. The zero-order valence-electron chi connectivity index (χ0n) is 10.9. The predicted octanol–water partition coefficient (Wildman–Crippen LogP) is 2.56. The molecule has 0 amide bonds. The normalized spacial score (nSPS) is 16.3. The highest BCUT2D eigenvalue weighted by Gasteiger charge is 2.23. The largest absolute Gasteiger partial charge is 0.466 e. The molecule has 2 N–H and O–H groups in total. The minimum Gasteiger partial charge on any atom is -0.466 e. The molecular weight excluding hydrogens is 226 g/mol. The van der Waals surface area contributed by atoms with Gasteiger partial charge in [0.25, 0.3) is 0 Å². The molecule has 0 heterocycles. The summed E-state index contributed by atoms with van der Waals surface area (Å²) in [4.78, 5) is 11.5. The Hall–Kier alpha value is -1.35. The summed E-state index contributed by atoms with van der Waals surface area (Å²) in [5.41, 5.74) is 8.29. The molecule has 18 heavy (non-hydrogen) atoms. The lowest BCUT2D eigenvalue weighted by molar-refractivity contribution is -0.143. The molecular formula is C15H21NO2. The fraction of sp³-hybridized carbons (Fsp3) is 0.533. The predicted molar refractivity (Wildman–Crippen MR) is 71.5 cm³/mol. The van der Waals surface area contributed by atoms with Crippen LogP contribution in [0.2, 0.25) is 0 Å². The molecule has 1 aliphatic rings. The van der Waals surface area contributed by atoms with Gasteiger partial charge in [-0.05, 0) is 43.4 Å². The molecule has 1 aromatic carbocycles. The van der Waals surface area contributed by atoms with Crippen molar-refractivity contribution >= 4 is 5.97 Å². The van der Waals surface area contributed by atoms with Gasteiger partial charge in [-0.3, -0.25) is 4.79 Å². The van der Waals surface area contributed by atoms with E-state index in [0.717, 1.165) is 11.5 Å². The number of nitrogens with two attached hydrogens (primary N) is 1. The first-order chi connectivity index (χ1) is 8.74. The Morgan fingerprint density at radius 3 is 2.56 bits per heavy atom. The number of hydrogen-bond donors (Lipinski definition) is 1. The van der Waals surface area contributed by atoms with E-state index in [2.05, 4.69) is 24.3 Å². The summed E-state index contributed by atoms with van der Waals surface area (Å²) in [7, 11) is 0. The van der Waals surface area contributed by atoms with Gasteiger partial charge in [-0.1, -0.05) is 24.3 Å². The van der Waals surface area contributed by atoms with E-state index in [1.54, 1.807) is 0 Å². The first-order valence-electron chi connectivity index (χ1n) is 6.70. The number of ether oxygens (including phenoxy) is 1. The van der Waals surface area contributed by atoms with Crippen LogP contribution < -0.4 is 5.73 Å². The van der Waals surface area contributed by atoms with E-state index in [1.807, 2.05) is 6.92 Å². The van der Waals surface area contributed by atoms with Crippen LogP contribution in [-0.2, 0) is 9.53 Å². The van der Waals surface area contributed by atoms with Crippen molar-refractivity contribution in [2.24, 2.45) is 5.73 Å². The van der Waals surface area contributed by atoms with Gasteiger partial charge in [0.15, 0.2) is 0 Å². The van der Waals surface area contributed by atoms with Crippen LogP contribution in [0.5, 0.6) is 0 Å². The molecule has 1 atom stereocenters. The van der Waals surface area contributed by atoms with Crippen molar-refractivity contribution in [3.05, 3.63) is 35.4 Å². The van der Waals surface area contributed by atoms with Gasteiger partial charge < -0.3 is 10.5 Å². The van der Waals surface area contributed by atoms with E-state index in [1.165, 1.54) is 18.4 Å². The monoisotopic (exact) mass is 247 g/mol. The summed E-state index contributed by atoms with van der Waals surface area (Å²) in [6.07, 6.45) is 2.98. The van der Waals surface area contributed by atoms with Crippen molar-refractivity contribution in [2.75, 3.05) is 13.2 Å². The SMILES string of the molecule is CCOC(=O)CC(CN)c1ccc(C2CC2)cc1. The highest BCUT2D eigenvalue weighted by molar-refractivity contribution is 5.70. The Labute approximate surface area is 108 Å². The van der Waals surface area contributed by atoms with Gasteiger partial charge in [0, 0.05) is 5.92 Å². The molecule has 3 nitrogen and oxygen atoms in total. The second kappa shape index (κ2) is 6.01. The van der Waals surface area contributed by atoms with Crippen LogP contribution >= 0.6 is 0 Å². The minimum atomic E-state index is -0.167. The standard InChI is InChI=1S/C15H21NO2/c1-2-18-15(17)9-14(10-16)13-7-5-12(6-8-13)11-3-4-11/h5-8,11,14H,2-4,9-10,16H2,1H3. The van der Waals surface area contributed by atoms with Crippen LogP contribution in [0.3, 0.4) is 0 Å². The van der Waals surface area contributed by atoms with Gasteiger partial charge >= 0.3 is 5.97 Å². The topological polar surface area (TPSA) is 52.3 Å². The number of carbonyl (C=O) groups is 1. The zero-order chi connectivity index (χ0) is 13.0. The van der Waals surface area contributed by atoms with E-state index in [-0.39, 0.29) is 11.9 Å². The number of carbonyl (C=O) groups excluding carboxylic acids is 1. The molecule has 0 saturated heterocycles. The number of rotatable bonds is 6. The lowest BCUT2D eigenvalue weighted by atomic mass is 9.94. The Balaban J connectivity index is 1.99. The van der Waals surface area contributed by atoms with Crippen LogP contribution in [0.15, 0.2) is 24.3 Å². The number of benzene rings is 1. The number of esters is 1. The summed E-state index contributed by atoms with van der Waals surface area (Å²) >= 11 is 0. The quantitative estimate of drug-likeness (QED) is 0.786. The molecule has 98 valence electrons. The average molecular weight is 247 g/mol. The maximum atomic E-state index is 11.5. The molecule has 0 aromatic heterocycles. The smallest absolute Gasteiger partial charge is 0.306 e. The van der Waals surface area contributed by atoms with Crippen molar-refractivity contribution in [1.82, 2.24) is 0 Å². The van der Waals surface area contributed by atoms with E-state index in [9.17, 15) is 4.79 Å². The third-order valence-electron chi connectivity index (χ3n) is 3.46. The van der Waals surface area contributed by atoms with Gasteiger partial charge in [-0.2, -0.15) is 0 Å². The first kappa shape index (κ1) is 13.1. The van der Waals surface area contributed by atoms with E-state index in [4.69, 9.17) is 10.5 Å². The molecule has 2 rings (SSSR count). The van der Waals surface area contributed by atoms with Gasteiger partial charge in [0.2, 0.25) is 0 Å². The second-order valence-electron chi connectivity index (χ2n) is 4.88. The molecule has 1 fully saturated rings. The summed E-state index contributed by atoms with van der Waals surface area (Å²) < 4.78 is 4.97.